The number of hydrogen-bond acceptors (Lipinski definition) is 4. The highest BCUT2D eigenvalue weighted by Crippen LogP contribution is 2.23. The first-order chi connectivity index (χ1) is 9.22. The maximum atomic E-state index is 9.68. The Morgan fingerprint density at radius 2 is 2.21 bits per heavy atom. The van der Waals surface area contributed by atoms with Crippen LogP contribution in [0, 0.1) is 11.3 Å². The molecule has 102 valence electrons. The van der Waals surface area contributed by atoms with E-state index in [0.717, 1.165) is 25.3 Å². The Morgan fingerprint density at radius 3 is 2.79 bits per heavy atom. The second-order valence-electron chi connectivity index (χ2n) is 5.03. The van der Waals surface area contributed by atoms with Gasteiger partial charge in [0.25, 0.3) is 0 Å². The summed E-state index contributed by atoms with van der Waals surface area (Å²) < 4.78 is 5.45. The second kappa shape index (κ2) is 6.16. The van der Waals surface area contributed by atoms with E-state index < -0.39 is 5.54 Å². The topological polar surface area (TPSA) is 48.3 Å². The van der Waals surface area contributed by atoms with Crippen molar-refractivity contribution in [1.82, 2.24) is 10.2 Å². The fraction of sp³-hybridized carbons (Fsp3) is 0.533. The highest BCUT2D eigenvalue weighted by molar-refractivity contribution is 5.32. The number of nitrogens with one attached hydrogen (secondary N) is 1. The Labute approximate surface area is 115 Å². The van der Waals surface area contributed by atoms with Crippen LogP contribution in [-0.4, -0.2) is 44.3 Å². The van der Waals surface area contributed by atoms with Crippen molar-refractivity contribution in [2.75, 3.05) is 33.4 Å². The lowest BCUT2D eigenvalue weighted by atomic mass is 9.90. The fourth-order valence-electron chi connectivity index (χ4n) is 2.49. The number of nitriles is 1. The average Bonchev–Trinajstić information content (AvgIpc) is 2.48. The van der Waals surface area contributed by atoms with E-state index in [0.29, 0.717) is 12.6 Å². The third kappa shape index (κ3) is 2.95. The zero-order valence-electron chi connectivity index (χ0n) is 11.6. The van der Waals surface area contributed by atoms with Crippen molar-refractivity contribution in [2.45, 2.75) is 18.5 Å². The minimum absolute atomic E-state index is 0.346. The molecule has 1 aliphatic heterocycles. The molecule has 1 aromatic rings. The molecule has 4 heteroatoms. The lowest BCUT2D eigenvalue weighted by Gasteiger charge is -2.39. The maximum Gasteiger partial charge on any atom is 0.144 e. The lowest BCUT2D eigenvalue weighted by molar-refractivity contribution is -0.00879. The Hall–Kier alpha value is -1.41. The lowest BCUT2D eigenvalue weighted by Crippen LogP contribution is -2.54. The van der Waals surface area contributed by atoms with Crippen molar-refractivity contribution in [3.63, 3.8) is 0 Å². The standard InChI is InChI=1S/C15H21N3O/c1-13-10-19-9-8-18(13)12-15(11-16,17-2)14-6-4-3-5-7-14/h3-7,13,17H,8-10,12H2,1-2H3. The molecule has 0 aromatic heterocycles. The Morgan fingerprint density at radius 1 is 1.47 bits per heavy atom. The maximum absolute atomic E-state index is 9.68. The Kier molecular flexibility index (Phi) is 4.54. The summed E-state index contributed by atoms with van der Waals surface area (Å²) >= 11 is 0. The summed E-state index contributed by atoms with van der Waals surface area (Å²) in [5.41, 5.74) is 0.353. The van der Waals surface area contributed by atoms with Crippen molar-refractivity contribution < 1.29 is 4.74 Å². The van der Waals surface area contributed by atoms with Gasteiger partial charge in [0.05, 0.1) is 19.3 Å². The van der Waals surface area contributed by atoms with Gasteiger partial charge in [-0.3, -0.25) is 10.2 Å². The van der Waals surface area contributed by atoms with E-state index in [9.17, 15) is 5.26 Å². The van der Waals surface area contributed by atoms with Crippen LogP contribution in [0.1, 0.15) is 12.5 Å². The third-order valence-corrected chi connectivity index (χ3v) is 3.83. The first kappa shape index (κ1) is 14.0. The predicted molar refractivity (Wildman–Crippen MR) is 74.6 cm³/mol. The molecule has 1 fully saturated rings. The molecule has 2 rings (SSSR count). The zero-order valence-corrected chi connectivity index (χ0v) is 11.6. The van der Waals surface area contributed by atoms with E-state index in [1.165, 1.54) is 0 Å². The van der Waals surface area contributed by atoms with Crippen LogP contribution in [0.25, 0.3) is 0 Å². The van der Waals surface area contributed by atoms with Gasteiger partial charge in [0, 0.05) is 19.1 Å². The molecule has 4 nitrogen and oxygen atoms in total. The van der Waals surface area contributed by atoms with Gasteiger partial charge in [0.1, 0.15) is 5.54 Å². The molecule has 0 saturated carbocycles. The molecule has 19 heavy (non-hydrogen) atoms. The first-order valence-electron chi connectivity index (χ1n) is 6.69. The molecule has 1 aromatic carbocycles. The van der Waals surface area contributed by atoms with Gasteiger partial charge in [-0.2, -0.15) is 5.26 Å². The van der Waals surface area contributed by atoms with Gasteiger partial charge >= 0.3 is 0 Å². The number of hydrogen-bond donors (Lipinski definition) is 1. The van der Waals surface area contributed by atoms with Gasteiger partial charge in [-0.05, 0) is 19.5 Å². The Bertz CT molecular complexity index is 442. The van der Waals surface area contributed by atoms with E-state index in [-0.39, 0.29) is 0 Å². The molecular weight excluding hydrogens is 238 g/mol. The molecule has 0 bridgehead atoms. The monoisotopic (exact) mass is 259 g/mol. The first-order valence-corrected chi connectivity index (χ1v) is 6.69. The number of benzene rings is 1. The summed E-state index contributed by atoms with van der Waals surface area (Å²) in [6, 6.07) is 12.7. The van der Waals surface area contributed by atoms with Gasteiger partial charge in [0.2, 0.25) is 0 Å². The summed E-state index contributed by atoms with van der Waals surface area (Å²) in [4.78, 5) is 2.32. The molecule has 1 N–H and O–H groups in total. The summed E-state index contributed by atoms with van der Waals surface area (Å²) in [6.45, 7) is 5.17. The quantitative estimate of drug-likeness (QED) is 0.886. The molecule has 0 aliphatic carbocycles. The van der Waals surface area contributed by atoms with Crippen LogP contribution in [0.5, 0.6) is 0 Å². The van der Waals surface area contributed by atoms with E-state index in [1.807, 2.05) is 37.4 Å². The van der Waals surface area contributed by atoms with Crippen LogP contribution in [0.2, 0.25) is 0 Å². The van der Waals surface area contributed by atoms with Gasteiger partial charge in [-0.15, -0.1) is 0 Å². The number of ether oxygens (including phenoxy) is 1. The summed E-state index contributed by atoms with van der Waals surface area (Å²) in [5.74, 6) is 0. The smallest absolute Gasteiger partial charge is 0.144 e. The molecule has 2 atom stereocenters. The summed E-state index contributed by atoms with van der Waals surface area (Å²) in [6.07, 6.45) is 0. The highest BCUT2D eigenvalue weighted by atomic mass is 16.5. The fourth-order valence-corrected chi connectivity index (χ4v) is 2.49. The van der Waals surface area contributed by atoms with E-state index in [2.05, 4.69) is 23.2 Å². The van der Waals surface area contributed by atoms with Crippen LogP contribution >= 0.6 is 0 Å². The van der Waals surface area contributed by atoms with Crippen molar-refractivity contribution in [3.05, 3.63) is 35.9 Å². The number of nitrogens with zero attached hydrogens (tertiary/aromatic N) is 2. The minimum atomic E-state index is -0.660. The van der Waals surface area contributed by atoms with Crippen LogP contribution in [0.4, 0.5) is 0 Å². The van der Waals surface area contributed by atoms with Crippen LogP contribution in [0.3, 0.4) is 0 Å². The zero-order chi connectivity index (χ0) is 13.7. The second-order valence-corrected chi connectivity index (χ2v) is 5.03. The van der Waals surface area contributed by atoms with Crippen molar-refractivity contribution in [1.29, 1.82) is 5.26 Å². The molecule has 0 amide bonds. The average molecular weight is 259 g/mol. The van der Waals surface area contributed by atoms with Gasteiger partial charge in [-0.25, -0.2) is 0 Å². The van der Waals surface area contributed by atoms with Gasteiger partial charge in [0.15, 0.2) is 0 Å². The van der Waals surface area contributed by atoms with Crippen LogP contribution in [-0.2, 0) is 10.3 Å². The minimum Gasteiger partial charge on any atom is -0.379 e. The normalized spacial score (nSPS) is 23.5. The van der Waals surface area contributed by atoms with Crippen LogP contribution in [0.15, 0.2) is 30.3 Å². The largest absolute Gasteiger partial charge is 0.379 e. The van der Waals surface area contributed by atoms with Crippen molar-refractivity contribution in [3.8, 4) is 6.07 Å². The molecule has 0 spiro atoms. The number of likely N-dealkylation sites (N-methyl/N-ethyl adjacent to an activating group) is 1. The molecular formula is C15H21N3O. The SMILES string of the molecule is CNC(C#N)(CN1CCOCC1C)c1ccccc1. The number of morpholine rings is 1. The predicted octanol–water partition coefficient (Wildman–Crippen LogP) is 1.35. The Balaban J connectivity index is 2.23. The van der Waals surface area contributed by atoms with Gasteiger partial charge < -0.3 is 4.74 Å². The van der Waals surface area contributed by atoms with Crippen LogP contribution < -0.4 is 5.32 Å². The summed E-state index contributed by atoms with van der Waals surface area (Å²) in [5, 5.41) is 12.9. The van der Waals surface area contributed by atoms with E-state index in [4.69, 9.17) is 4.74 Å². The molecule has 1 saturated heterocycles. The molecule has 1 heterocycles. The third-order valence-electron chi connectivity index (χ3n) is 3.83. The van der Waals surface area contributed by atoms with Crippen molar-refractivity contribution in [2.24, 2.45) is 0 Å². The number of rotatable bonds is 4. The van der Waals surface area contributed by atoms with Crippen molar-refractivity contribution >= 4 is 0 Å². The van der Waals surface area contributed by atoms with E-state index in [1.54, 1.807) is 0 Å². The molecule has 0 radical (unpaired) electrons. The van der Waals surface area contributed by atoms with Gasteiger partial charge in [-0.1, -0.05) is 30.3 Å². The molecule has 1 aliphatic rings. The summed E-state index contributed by atoms with van der Waals surface area (Å²) in [7, 11) is 1.85. The molecule has 2 unspecified atom stereocenters. The highest BCUT2D eigenvalue weighted by Gasteiger charge is 2.35. The van der Waals surface area contributed by atoms with E-state index >= 15 is 0 Å².